The van der Waals surface area contributed by atoms with E-state index in [1.807, 2.05) is 36.4 Å². The van der Waals surface area contributed by atoms with Crippen LogP contribution in [0.4, 0.5) is 0 Å². The highest BCUT2D eigenvalue weighted by atomic mass is 32.1. The van der Waals surface area contributed by atoms with Crippen molar-refractivity contribution in [3.05, 3.63) is 41.9 Å². The summed E-state index contributed by atoms with van der Waals surface area (Å²) in [4.78, 5) is 4.57. The molecule has 0 amide bonds. The van der Waals surface area contributed by atoms with E-state index in [1.165, 1.54) is 0 Å². The fourth-order valence-electron chi connectivity index (χ4n) is 1.60. The minimum Gasteiger partial charge on any atom is -0.275 e. The summed E-state index contributed by atoms with van der Waals surface area (Å²) in [5, 5.41) is 11.4. The van der Waals surface area contributed by atoms with E-state index in [2.05, 4.69) is 20.6 Å². The average Bonchev–Trinajstić information content (AvgIpc) is 2.99. The van der Waals surface area contributed by atoms with Crippen molar-refractivity contribution in [2.24, 2.45) is 7.05 Å². The molecule has 17 heavy (non-hydrogen) atoms. The molecule has 86 valence electrons. The molecule has 3 aromatic rings. The lowest BCUT2D eigenvalue weighted by atomic mass is 10.4. The molecule has 0 spiro atoms. The molecule has 0 atom stereocenters. The van der Waals surface area contributed by atoms with Gasteiger partial charge in [0.25, 0.3) is 0 Å². The van der Waals surface area contributed by atoms with Crippen molar-refractivity contribution >= 4 is 11.3 Å². The lowest BCUT2D eigenvalue weighted by Gasteiger charge is -1.95. The van der Waals surface area contributed by atoms with E-state index in [0.717, 1.165) is 16.3 Å². The lowest BCUT2D eigenvalue weighted by molar-refractivity contribution is 0.676. The zero-order valence-electron chi connectivity index (χ0n) is 9.32. The second-order valence-corrected chi connectivity index (χ2v) is 4.61. The van der Waals surface area contributed by atoms with Gasteiger partial charge < -0.3 is 0 Å². The summed E-state index contributed by atoms with van der Waals surface area (Å²) < 4.78 is 3.64. The Balaban J connectivity index is 1.83. The Bertz CT molecular complexity index is 607. The number of rotatable bonds is 3. The third kappa shape index (κ3) is 2.12. The molecular weight excluding hydrogens is 234 g/mol. The van der Waals surface area contributed by atoms with E-state index < -0.39 is 0 Å². The van der Waals surface area contributed by atoms with Crippen molar-refractivity contribution in [2.45, 2.75) is 6.54 Å². The van der Waals surface area contributed by atoms with Crippen molar-refractivity contribution in [3.63, 3.8) is 0 Å². The van der Waals surface area contributed by atoms with Crippen LogP contribution in [0.5, 0.6) is 0 Å². The van der Waals surface area contributed by atoms with Crippen molar-refractivity contribution in [1.29, 1.82) is 0 Å². The Kier molecular flexibility index (Phi) is 2.49. The zero-order valence-corrected chi connectivity index (χ0v) is 10.1. The Morgan fingerprint density at radius 2 is 2.29 bits per heavy atom. The molecule has 5 nitrogen and oxygen atoms in total. The van der Waals surface area contributed by atoms with Crippen LogP contribution in [0, 0.1) is 0 Å². The highest BCUT2D eigenvalue weighted by Crippen LogP contribution is 2.23. The van der Waals surface area contributed by atoms with Crippen LogP contribution in [0.2, 0.25) is 0 Å². The van der Waals surface area contributed by atoms with Gasteiger partial charge >= 0.3 is 0 Å². The number of aromatic nitrogens is 5. The second kappa shape index (κ2) is 4.14. The Morgan fingerprint density at radius 3 is 3.00 bits per heavy atom. The van der Waals surface area contributed by atoms with Crippen LogP contribution in [0.25, 0.3) is 10.6 Å². The summed E-state index contributed by atoms with van der Waals surface area (Å²) >= 11 is 1.63. The van der Waals surface area contributed by atoms with E-state index in [0.29, 0.717) is 6.54 Å². The largest absolute Gasteiger partial charge is 0.275 e. The Hall–Kier alpha value is -1.95. The number of aryl methyl sites for hydroxylation is 1. The highest BCUT2D eigenvalue weighted by molar-refractivity contribution is 7.13. The molecule has 0 aliphatic rings. The molecule has 0 radical (unpaired) electrons. The molecule has 3 aromatic heterocycles. The van der Waals surface area contributed by atoms with Gasteiger partial charge in [0.2, 0.25) is 0 Å². The maximum Gasteiger partial charge on any atom is 0.126 e. The standard InChI is InChI=1S/C11H11N5S/c1-15-6-9(5-13-15)11-14-10(8-17-11)7-16-4-2-3-12-16/h2-6,8H,7H2,1H3. The van der Waals surface area contributed by atoms with Crippen LogP contribution < -0.4 is 0 Å². The molecule has 0 aliphatic heterocycles. The molecule has 3 rings (SSSR count). The molecule has 6 heteroatoms. The third-order valence-corrected chi connectivity index (χ3v) is 3.33. The molecule has 0 fully saturated rings. The van der Waals surface area contributed by atoms with E-state index >= 15 is 0 Å². The first-order valence-corrected chi connectivity index (χ1v) is 6.10. The normalized spacial score (nSPS) is 10.9. The number of hydrogen-bond donors (Lipinski definition) is 0. The first kappa shape index (κ1) is 10.2. The summed E-state index contributed by atoms with van der Waals surface area (Å²) in [6.07, 6.45) is 7.50. The van der Waals surface area contributed by atoms with Crippen molar-refractivity contribution < 1.29 is 0 Å². The van der Waals surface area contributed by atoms with Gasteiger partial charge in [-0.2, -0.15) is 10.2 Å². The fourth-order valence-corrected chi connectivity index (χ4v) is 2.39. The lowest BCUT2D eigenvalue weighted by Crippen LogP contribution is -1.99. The molecule has 0 unspecified atom stereocenters. The minimum absolute atomic E-state index is 0.712. The minimum atomic E-state index is 0.712. The third-order valence-electron chi connectivity index (χ3n) is 2.39. The van der Waals surface area contributed by atoms with Crippen LogP contribution in [0.3, 0.4) is 0 Å². The number of thiazole rings is 1. The first-order chi connectivity index (χ1) is 8.31. The fraction of sp³-hybridized carbons (Fsp3) is 0.182. The van der Waals surface area contributed by atoms with Gasteiger partial charge in [-0.05, 0) is 6.07 Å². The predicted octanol–water partition coefficient (Wildman–Crippen LogP) is 1.79. The average molecular weight is 245 g/mol. The van der Waals surface area contributed by atoms with Crippen LogP contribution in [0.1, 0.15) is 5.69 Å². The van der Waals surface area contributed by atoms with Gasteiger partial charge in [0, 0.05) is 36.6 Å². The summed E-state index contributed by atoms with van der Waals surface area (Å²) in [5.74, 6) is 0. The maximum absolute atomic E-state index is 4.57. The topological polar surface area (TPSA) is 48.5 Å². The molecular formula is C11H11N5S. The van der Waals surface area contributed by atoms with Crippen molar-refractivity contribution in [1.82, 2.24) is 24.5 Å². The monoisotopic (exact) mass is 245 g/mol. The van der Waals surface area contributed by atoms with Crippen LogP contribution in [0.15, 0.2) is 36.2 Å². The quantitative estimate of drug-likeness (QED) is 0.706. The smallest absolute Gasteiger partial charge is 0.126 e. The van der Waals surface area contributed by atoms with Gasteiger partial charge in [-0.3, -0.25) is 9.36 Å². The molecule has 0 N–H and O–H groups in total. The van der Waals surface area contributed by atoms with Crippen LogP contribution >= 0.6 is 11.3 Å². The molecule has 3 heterocycles. The Morgan fingerprint density at radius 1 is 1.35 bits per heavy atom. The SMILES string of the molecule is Cn1cc(-c2nc(Cn3cccn3)cs2)cn1. The van der Waals surface area contributed by atoms with Gasteiger partial charge in [0.15, 0.2) is 0 Å². The summed E-state index contributed by atoms with van der Waals surface area (Å²) in [7, 11) is 1.90. The maximum atomic E-state index is 4.57. The molecule has 0 aromatic carbocycles. The predicted molar refractivity (Wildman–Crippen MR) is 65.6 cm³/mol. The van der Waals surface area contributed by atoms with Gasteiger partial charge in [-0.15, -0.1) is 11.3 Å². The van der Waals surface area contributed by atoms with Gasteiger partial charge in [-0.1, -0.05) is 0 Å². The van der Waals surface area contributed by atoms with E-state index in [1.54, 1.807) is 22.2 Å². The molecule has 0 saturated carbocycles. The van der Waals surface area contributed by atoms with E-state index in [9.17, 15) is 0 Å². The van der Waals surface area contributed by atoms with Crippen molar-refractivity contribution in [3.8, 4) is 10.6 Å². The zero-order chi connectivity index (χ0) is 11.7. The van der Waals surface area contributed by atoms with Crippen LogP contribution in [-0.4, -0.2) is 24.5 Å². The summed E-state index contributed by atoms with van der Waals surface area (Å²) in [6, 6.07) is 1.91. The number of hydrogen-bond acceptors (Lipinski definition) is 4. The van der Waals surface area contributed by atoms with E-state index in [4.69, 9.17) is 0 Å². The van der Waals surface area contributed by atoms with Gasteiger partial charge in [0.1, 0.15) is 5.01 Å². The molecule has 0 saturated heterocycles. The second-order valence-electron chi connectivity index (χ2n) is 3.75. The summed E-state index contributed by atoms with van der Waals surface area (Å²) in [5.41, 5.74) is 2.08. The van der Waals surface area contributed by atoms with Crippen molar-refractivity contribution in [2.75, 3.05) is 0 Å². The Labute approximate surface area is 102 Å². The molecule has 0 aliphatic carbocycles. The van der Waals surface area contributed by atoms with Gasteiger partial charge in [-0.25, -0.2) is 4.98 Å². The van der Waals surface area contributed by atoms with Gasteiger partial charge in [0.05, 0.1) is 18.4 Å². The van der Waals surface area contributed by atoms with E-state index in [-0.39, 0.29) is 0 Å². The highest BCUT2D eigenvalue weighted by Gasteiger charge is 2.06. The summed E-state index contributed by atoms with van der Waals surface area (Å²) in [6.45, 7) is 0.712. The molecule has 0 bridgehead atoms. The van der Waals surface area contributed by atoms with Crippen LogP contribution in [-0.2, 0) is 13.6 Å². The number of nitrogens with zero attached hydrogens (tertiary/aromatic N) is 5. The first-order valence-electron chi connectivity index (χ1n) is 5.22.